The van der Waals surface area contributed by atoms with Crippen molar-refractivity contribution in [1.29, 1.82) is 0 Å². The summed E-state index contributed by atoms with van der Waals surface area (Å²) in [5.41, 5.74) is 1.37. The first-order chi connectivity index (χ1) is 5.79. The van der Waals surface area contributed by atoms with Crippen LogP contribution in [0.2, 0.25) is 0 Å². The molecule has 1 atom stereocenters. The van der Waals surface area contributed by atoms with Crippen LogP contribution in [0.4, 0.5) is 0 Å². The fraction of sp³-hybridized carbons (Fsp3) is 0.556. The fourth-order valence-corrected chi connectivity index (χ4v) is 1.68. The highest BCUT2D eigenvalue weighted by molar-refractivity contribution is 7.07. The molecule has 0 radical (unpaired) electrons. The van der Waals surface area contributed by atoms with Gasteiger partial charge in [0.15, 0.2) is 0 Å². The molecule has 0 saturated heterocycles. The van der Waals surface area contributed by atoms with E-state index in [0.29, 0.717) is 6.54 Å². The van der Waals surface area contributed by atoms with E-state index in [9.17, 15) is 0 Å². The van der Waals surface area contributed by atoms with Gasteiger partial charge in [-0.15, -0.1) is 0 Å². The van der Waals surface area contributed by atoms with E-state index in [2.05, 4.69) is 22.1 Å². The Hall–Kier alpha value is -0.380. The highest BCUT2D eigenvalue weighted by Gasteiger charge is 1.95. The van der Waals surface area contributed by atoms with Crippen LogP contribution in [0.15, 0.2) is 16.8 Å². The highest BCUT2D eigenvalue weighted by atomic mass is 32.1. The van der Waals surface area contributed by atoms with Crippen LogP contribution in [0.3, 0.4) is 0 Å². The largest absolute Gasteiger partial charge is 0.392 e. The van der Waals surface area contributed by atoms with E-state index in [1.165, 1.54) is 5.56 Å². The Morgan fingerprint density at radius 3 is 3.08 bits per heavy atom. The normalized spacial score (nSPS) is 13.2. The second kappa shape index (κ2) is 5.30. The molecule has 3 heteroatoms. The Morgan fingerprint density at radius 1 is 1.67 bits per heavy atom. The number of hydrogen-bond donors (Lipinski definition) is 2. The highest BCUT2D eigenvalue weighted by Crippen LogP contribution is 2.05. The number of nitrogens with one attached hydrogen (secondary N) is 1. The second-order valence-corrected chi connectivity index (χ2v) is 3.71. The van der Waals surface area contributed by atoms with Gasteiger partial charge >= 0.3 is 0 Å². The third kappa shape index (κ3) is 3.85. The molecule has 68 valence electrons. The maximum absolute atomic E-state index is 8.95. The van der Waals surface area contributed by atoms with Gasteiger partial charge in [-0.25, -0.2) is 0 Å². The zero-order valence-electron chi connectivity index (χ0n) is 7.29. The van der Waals surface area contributed by atoms with Crippen LogP contribution in [0, 0.1) is 0 Å². The second-order valence-electron chi connectivity index (χ2n) is 2.93. The maximum atomic E-state index is 8.95. The molecular weight excluding hydrogens is 170 g/mol. The Kier molecular flexibility index (Phi) is 4.29. The number of rotatable bonds is 5. The van der Waals surface area contributed by atoms with Crippen molar-refractivity contribution >= 4 is 11.3 Å². The first-order valence-electron chi connectivity index (χ1n) is 4.19. The van der Waals surface area contributed by atoms with Gasteiger partial charge in [0.1, 0.15) is 0 Å². The molecule has 0 aliphatic heterocycles. The summed E-state index contributed by atoms with van der Waals surface area (Å²) in [6.45, 7) is 3.42. The lowest BCUT2D eigenvalue weighted by Crippen LogP contribution is -2.26. The van der Waals surface area contributed by atoms with E-state index < -0.39 is 0 Å². The SMILES string of the molecule is CC(O)CNCCc1ccsc1. The van der Waals surface area contributed by atoms with Gasteiger partial charge in [-0.3, -0.25) is 0 Å². The minimum Gasteiger partial charge on any atom is -0.392 e. The molecule has 0 spiro atoms. The average molecular weight is 185 g/mol. The lowest BCUT2D eigenvalue weighted by Gasteiger charge is -2.05. The fourth-order valence-electron chi connectivity index (χ4n) is 0.979. The number of hydrogen-bond acceptors (Lipinski definition) is 3. The van der Waals surface area contributed by atoms with Gasteiger partial charge in [0.05, 0.1) is 6.10 Å². The van der Waals surface area contributed by atoms with Crippen LogP contribution in [0.5, 0.6) is 0 Å². The molecule has 0 aliphatic carbocycles. The van der Waals surface area contributed by atoms with Crippen LogP contribution >= 0.6 is 11.3 Å². The van der Waals surface area contributed by atoms with Gasteiger partial charge < -0.3 is 10.4 Å². The first kappa shape index (κ1) is 9.71. The van der Waals surface area contributed by atoms with Gasteiger partial charge in [-0.05, 0) is 42.3 Å². The maximum Gasteiger partial charge on any atom is 0.0636 e. The molecule has 0 saturated carbocycles. The molecule has 1 aromatic rings. The monoisotopic (exact) mass is 185 g/mol. The third-order valence-corrected chi connectivity index (χ3v) is 2.34. The van der Waals surface area contributed by atoms with Crippen molar-refractivity contribution in [2.75, 3.05) is 13.1 Å². The van der Waals surface area contributed by atoms with E-state index in [-0.39, 0.29) is 6.10 Å². The molecule has 1 heterocycles. The summed E-state index contributed by atoms with van der Waals surface area (Å²) in [5.74, 6) is 0. The summed E-state index contributed by atoms with van der Waals surface area (Å²) in [6.07, 6.45) is 0.809. The average Bonchev–Trinajstić information content (AvgIpc) is 2.49. The van der Waals surface area contributed by atoms with Crippen molar-refractivity contribution < 1.29 is 5.11 Å². The predicted molar refractivity (Wildman–Crippen MR) is 52.6 cm³/mol. The van der Waals surface area contributed by atoms with Crippen molar-refractivity contribution in [3.05, 3.63) is 22.4 Å². The summed E-state index contributed by atoms with van der Waals surface area (Å²) in [7, 11) is 0. The van der Waals surface area contributed by atoms with E-state index in [1.54, 1.807) is 18.3 Å². The summed E-state index contributed by atoms with van der Waals surface area (Å²) >= 11 is 1.73. The summed E-state index contributed by atoms with van der Waals surface area (Å²) < 4.78 is 0. The lowest BCUT2D eigenvalue weighted by atomic mass is 10.2. The van der Waals surface area contributed by atoms with E-state index in [1.807, 2.05) is 0 Å². The minimum atomic E-state index is -0.243. The standard InChI is InChI=1S/C9H15NOS/c1-8(11)6-10-4-2-9-3-5-12-7-9/h3,5,7-8,10-11H,2,4,6H2,1H3. The Bertz CT molecular complexity index is 196. The van der Waals surface area contributed by atoms with Crippen LogP contribution in [0.25, 0.3) is 0 Å². The Labute approximate surface area is 77.2 Å². The smallest absolute Gasteiger partial charge is 0.0636 e. The van der Waals surface area contributed by atoms with Gasteiger partial charge in [0.2, 0.25) is 0 Å². The van der Waals surface area contributed by atoms with E-state index in [4.69, 9.17) is 5.11 Å². The zero-order valence-corrected chi connectivity index (χ0v) is 8.10. The predicted octanol–water partition coefficient (Wildman–Crippen LogP) is 1.26. The van der Waals surface area contributed by atoms with E-state index >= 15 is 0 Å². The van der Waals surface area contributed by atoms with Crippen LogP contribution in [-0.2, 0) is 6.42 Å². The quantitative estimate of drug-likeness (QED) is 0.677. The molecule has 1 aromatic heterocycles. The van der Waals surface area contributed by atoms with Gasteiger partial charge in [0, 0.05) is 6.54 Å². The van der Waals surface area contributed by atoms with Crippen molar-refractivity contribution in [2.45, 2.75) is 19.4 Å². The van der Waals surface area contributed by atoms with Gasteiger partial charge in [0.25, 0.3) is 0 Å². The Balaban J connectivity index is 2.04. The van der Waals surface area contributed by atoms with Crippen molar-refractivity contribution in [1.82, 2.24) is 5.32 Å². The van der Waals surface area contributed by atoms with Gasteiger partial charge in [-0.1, -0.05) is 0 Å². The first-order valence-corrected chi connectivity index (χ1v) is 5.13. The zero-order chi connectivity index (χ0) is 8.81. The molecule has 1 rings (SSSR count). The summed E-state index contributed by atoms with van der Waals surface area (Å²) in [4.78, 5) is 0. The number of aliphatic hydroxyl groups is 1. The van der Waals surface area contributed by atoms with Crippen LogP contribution in [0.1, 0.15) is 12.5 Å². The molecular formula is C9H15NOS. The molecule has 0 amide bonds. The number of thiophene rings is 1. The summed E-state index contributed by atoms with van der Waals surface area (Å²) in [6, 6.07) is 2.13. The third-order valence-electron chi connectivity index (χ3n) is 1.61. The van der Waals surface area contributed by atoms with Crippen LogP contribution < -0.4 is 5.32 Å². The molecule has 0 bridgehead atoms. The molecule has 2 N–H and O–H groups in total. The lowest BCUT2D eigenvalue weighted by molar-refractivity contribution is 0.191. The molecule has 2 nitrogen and oxygen atoms in total. The Morgan fingerprint density at radius 2 is 2.50 bits per heavy atom. The molecule has 12 heavy (non-hydrogen) atoms. The number of aliphatic hydroxyl groups excluding tert-OH is 1. The molecule has 0 aliphatic rings. The molecule has 0 fully saturated rings. The van der Waals surface area contributed by atoms with E-state index in [0.717, 1.165) is 13.0 Å². The van der Waals surface area contributed by atoms with Crippen molar-refractivity contribution in [3.8, 4) is 0 Å². The molecule has 0 aromatic carbocycles. The molecule has 1 unspecified atom stereocenters. The van der Waals surface area contributed by atoms with Crippen LogP contribution in [-0.4, -0.2) is 24.3 Å². The minimum absolute atomic E-state index is 0.243. The van der Waals surface area contributed by atoms with Gasteiger partial charge in [-0.2, -0.15) is 11.3 Å². The van der Waals surface area contributed by atoms with Crippen molar-refractivity contribution in [2.24, 2.45) is 0 Å². The topological polar surface area (TPSA) is 32.3 Å². The summed E-state index contributed by atoms with van der Waals surface area (Å²) in [5, 5.41) is 16.4. The van der Waals surface area contributed by atoms with Crippen molar-refractivity contribution in [3.63, 3.8) is 0 Å².